The second-order valence-electron chi connectivity index (χ2n) is 10.6. The number of hydrogen-bond acceptors (Lipinski definition) is 6. The molecule has 0 saturated heterocycles. The maximum atomic E-state index is 14.1. The summed E-state index contributed by atoms with van der Waals surface area (Å²) in [5.41, 5.74) is 1.35. The largest absolute Gasteiger partial charge is 0.494 e. The summed E-state index contributed by atoms with van der Waals surface area (Å²) in [6, 6.07) is 22.3. The van der Waals surface area contributed by atoms with E-state index < -0.39 is 28.5 Å². The molecule has 43 heavy (non-hydrogen) atoms. The number of rotatable bonds is 14. The van der Waals surface area contributed by atoms with Crippen molar-refractivity contribution in [1.29, 1.82) is 0 Å². The van der Waals surface area contributed by atoms with E-state index in [2.05, 4.69) is 5.32 Å². The first-order chi connectivity index (χ1) is 20.7. The third-order valence-corrected chi connectivity index (χ3v) is 10.2. The molecule has 8 nitrogen and oxygen atoms in total. The second kappa shape index (κ2) is 15.3. The smallest absolute Gasteiger partial charge is 0.264 e. The minimum atomic E-state index is -4.13. The number of thioether (sulfide) groups is 1. The molecular formula is C33H41N3O5S2. The van der Waals surface area contributed by atoms with E-state index in [-0.39, 0.29) is 23.4 Å². The van der Waals surface area contributed by atoms with Crippen molar-refractivity contribution in [3.8, 4) is 5.75 Å². The molecule has 0 aromatic heterocycles. The average molecular weight is 624 g/mol. The molecule has 1 saturated carbocycles. The summed E-state index contributed by atoms with van der Waals surface area (Å²) in [6.07, 6.45) is 6.44. The van der Waals surface area contributed by atoms with Crippen LogP contribution in [0.1, 0.15) is 45.1 Å². The van der Waals surface area contributed by atoms with Crippen LogP contribution in [0.25, 0.3) is 0 Å². The summed E-state index contributed by atoms with van der Waals surface area (Å²) in [5.74, 6) is -0.0828. The number of ether oxygens (including phenoxy) is 1. The summed E-state index contributed by atoms with van der Waals surface area (Å²) in [5, 5.41) is 3.10. The van der Waals surface area contributed by atoms with Gasteiger partial charge in [0.15, 0.2) is 0 Å². The number of nitrogens with zero attached hydrogens (tertiary/aromatic N) is 2. The van der Waals surface area contributed by atoms with Crippen LogP contribution in [-0.4, -0.2) is 63.2 Å². The van der Waals surface area contributed by atoms with Crippen molar-refractivity contribution in [2.75, 3.05) is 30.3 Å². The van der Waals surface area contributed by atoms with Crippen molar-refractivity contribution in [2.45, 2.75) is 67.8 Å². The van der Waals surface area contributed by atoms with Crippen LogP contribution in [0.4, 0.5) is 5.69 Å². The van der Waals surface area contributed by atoms with E-state index in [1.54, 1.807) is 55.5 Å². The van der Waals surface area contributed by atoms with Gasteiger partial charge in [0, 0.05) is 17.5 Å². The highest BCUT2D eigenvalue weighted by atomic mass is 32.2. The SMILES string of the molecule is CCOc1ccc(N(CC(=O)N(CCc2ccccc2)[C@@H](C)C(=O)NC2CCCC2)S(=O)(=O)c2ccc(SC)cc2)cc1. The van der Waals surface area contributed by atoms with E-state index >= 15 is 0 Å². The van der Waals surface area contributed by atoms with Crippen molar-refractivity contribution in [1.82, 2.24) is 10.2 Å². The molecule has 0 aliphatic heterocycles. The minimum absolute atomic E-state index is 0.0786. The number of sulfonamides is 1. The molecule has 1 N–H and O–H groups in total. The third kappa shape index (κ3) is 8.54. The van der Waals surface area contributed by atoms with Gasteiger partial charge < -0.3 is 15.0 Å². The van der Waals surface area contributed by atoms with Crippen LogP contribution < -0.4 is 14.4 Å². The standard InChI is InChI=1S/C33H41N3O5S2/c1-4-41-29-16-14-28(15-17-29)36(43(39,40)31-20-18-30(42-3)19-21-31)24-32(37)35(23-22-26-10-6-5-7-11-26)25(2)33(38)34-27-12-8-9-13-27/h5-7,10-11,14-21,25,27H,4,8-9,12-13,22-24H2,1-3H3,(H,34,38)/t25-/m0/s1. The molecule has 4 rings (SSSR count). The average Bonchev–Trinajstić information content (AvgIpc) is 3.54. The molecule has 0 radical (unpaired) electrons. The van der Waals surface area contributed by atoms with Gasteiger partial charge in [-0.15, -0.1) is 11.8 Å². The number of anilines is 1. The van der Waals surface area contributed by atoms with Gasteiger partial charge in [0.05, 0.1) is 17.2 Å². The van der Waals surface area contributed by atoms with Gasteiger partial charge in [-0.05, 0) is 93.5 Å². The Bertz CT molecular complexity index is 1440. The zero-order valence-corrected chi connectivity index (χ0v) is 26.7. The third-order valence-electron chi connectivity index (χ3n) is 7.72. The van der Waals surface area contributed by atoms with E-state index in [0.717, 1.165) is 40.4 Å². The van der Waals surface area contributed by atoms with Gasteiger partial charge in [0.2, 0.25) is 11.8 Å². The Morgan fingerprint density at radius 1 is 0.977 bits per heavy atom. The highest BCUT2D eigenvalue weighted by molar-refractivity contribution is 7.98. The molecule has 10 heteroatoms. The second-order valence-corrected chi connectivity index (χ2v) is 13.3. The van der Waals surface area contributed by atoms with E-state index in [0.29, 0.717) is 24.5 Å². The lowest BCUT2D eigenvalue weighted by molar-refractivity contribution is -0.139. The minimum Gasteiger partial charge on any atom is -0.494 e. The molecule has 0 heterocycles. The van der Waals surface area contributed by atoms with Gasteiger partial charge in [-0.25, -0.2) is 8.42 Å². The van der Waals surface area contributed by atoms with Crippen LogP contribution in [0.3, 0.4) is 0 Å². The first kappa shape index (κ1) is 32.4. The normalized spacial score (nSPS) is 14.2. The summed E-state index contributed by atoms with van der Waals surface area (Å²) >= 11 is 1.51. The quantitative estimate of drug-likeness (QED) is 0.238. The molecule has 2 amide bonds. The number of benzene rings is 3. The van der Waals surface area contributed by atoms with Gasteiger partial charge in [-0.3, -0.25) is 13.9 Å². The highest BCUT2D eigenvalue weighted by Crippen LogP contribution is 2.28. The molecule has 3 aromatic carbocycles. The lowest BCUT2D eigenvalue weighted by Crippen LogP contribution is -2.53. The van der Waals surface area contributed by atoms with Crippen LogP contribution in [-0.2, 0) is 26.0 Å². The van der Waals surface area contributed by atoms with E-state index in [4.69, 9.17) is 4.74 Å². The van der Waals surface area contributed by atoms with Crippen LogP contribution in [0, 0.1) is 0 Å². The molecule has 0 spiro atoms. The topological polar surface area (TPSA) is 96.0 Å². The van der Waals surface area contributed by atoms with Gasteiger partial charge >= 0.3 is 0 Å². The fraction of sp³-hybridized carbons (Fsp3) is 0.394. The summed E-state index contributed by atoms with van der Waals surface area (Å²) in [6.45, 7) is 3.86. The van der Waals surface area contributed by atoms with Crippen molar-refractivity contribution in [3.05, 3.63) is 84.4 Å². The van der Waals surface area contributed by atoms with Gasteiger partial charge in [-0.2, -0.15) is 0 Å². The lowest BCUT2D eigenvalue weighted by Gasteiger charge is -2.32. The van der Waals surface area contributed by atoms with Crippen molar-refractivity contribution in [2.24, 2.45) is 0 Å². The van der Waals surface area contributed by atoms with Crippen LogP contribution in [0.15, 0.2) is 88.7 Å². The predicted octanol–water partition coefficient (Wildman–Crippen LogP) is 5.52. The number of carbonyl (C=O) groups excluding carboxylic acids is 2. The Kier molecular flexibility index (Phi) is 11.5. The zero-order chi connectivity index (χ0) is 30.8. The fourth-order valence-corrected chi connectivity index (χ4v) is 7.06. The number of hydrogen-bond donors (Lipinski definition) is 1. The Hall–Kier alpha value is -3.50. The number of nitrogens with one attached hydrogen (secondary N) is 1. The van der Waals surface area contributed by atoms with E-state index in [1.807, 2.05) is 43.5 Å². The zero-order valence-electron chi connectivity index (χ0n) is 25.1. The molecule has 230 valence electrons. The maximum Gasteiger partial charge on any atom is 0.264 e. The molecule has 1 atom stereocenters. The molecule has 0 unspecified atom stereocenters. The summed E-state index contributed by atoms with van der Waals surface area (Å²) in [4.78, 5) is 29.9. The van der Waals surface area contributed by atoms with Gasteiger partial charge in [-0.1, -0.05) is 43.2 Å². The number of carbonyl (C=O) groups is 2. The van der Waals surface area contributed by atoms with Crippen molar-refractivity contribution < 1.29 is 22.7 Å². The Morgan fingerprint density at radius 2 is 1.63 bits per heavy atom. The highest BCUT2D eigenvalue weighted by Gasteiger charge is 2.33. The maximum absolute atomic E-state index is 14.1. The molecule has 1 aliphatic rings. The Balaban J connectivity index is 1.65. The monoisotopic (exact) mass is 623 g/mol. The summed E-state index contributed by atoms with van der Waals surface area (Å²) in [7, 11) is -4.13. The van der Waals surface area contributed by atoms with Gasteiger partial charge in [0.1, 0.15) is 18.3 Å². The van der Waals surface area contributed by atoms with E-state index in [1.165, 1.54) is 16.7 Å². The first-order valence-electron chi connectivity index (χ1n) is 14.8. The molecule has 3 aromatic rings. The number of amides is 2. The van der Waals surface area contributed by atoms with Crippen molar-refractivity contribution >= 4 is 39.3 Å². The Labute approximate surface area is 259 Å². The first-order valence-corrected chi connectivity index (χ1v) is 17.4. The van der Waals surface area contributed by atoms with Crippen LogP contribution >= 0.6 is 11.8 Å². The van der Waals surface area contributed by atoms with E-state index in [9.17, 15) is 18.0 Å². The van der Waals surface area contributed by atoms with Crippen LogP contribution in [0.5, 0.6) is 5.75 Å². The molecular weight excluding hydrogens is 583 g/mol. The molecule has 0 bridgehead atoms. The fourth-order valence-electron chi connectivity index (χ4n) is 5.24. The van der Waals surface area contributed by atoms with Gasteiger partial charge in [0.25, 0.3) is 10.0 Å². The van der Waals surface area contributed by atoms with Crippen LogP contribution in [0.2, 0.25) is 0 Å². The summed E-state index contributed by atoms with van der Waals surface area (Å²) < 4.78 is 34.8. The van der Waals surface area contributed by atoms with Crippen molar-refractivity contribution in [3.63, 3.8) is 0 Å². The Morgan fingerprint density at radius 3 is 2.23 bits per heavy atom. The molecule has 1 aliphatic carbocycles. The lowest BCUT2D eigenvalue weighted by atomic mass is 10.1. The molecule has 1 fully saturated rings. The predicted molar refractivity (Wildman–Crippen MR) is 172 cm³/mol.